The molecule has 3 aromatic rings. The first kappa shape index (κ1) is 20.8. The topological polar surface area (TPSA) is 70.6 Å². The summed E-state index contributed by atoms with van der Waals surface area (Å²) < 4.78 is 5.17. The Morgan fingerprint density at radius 3 is 2.70 bits per heavy atom. The van der Waals surface area contributed by atoms with Crippen LogP contribution in [0.2, 0.25) is 5.02 Å². The first-order chi connectivity index (χ1) is 14.5. The van der Waals surface area contributed by atoms with E-state index in [1.54, 1.807) is 31.6 Å². The summed E-state index contributed by atoms with van der Waals surface area (Å²) in [5.74, 6) is 1.30. The zero-order valence-corrected chi connectivity index (χ0v) is 18.8. The summed E-state index contributed by atoms with van der Waals surface area (Å²) in [7, 11) is 1.56. The maximum atomic E-state index is 13.0. The highest BCUT2D eigenvalue weighted by Gasteiger charge is 2.24. The molecule has 1 saturated heterocycles. The molecule has 1 aliphatic rings. The Kier molecular flexibility index (Phi) is 6.08. The number of likely N-dealkylation sites (N-methyl/N-ethyl adjacent to an activating group) is 1. The van der Waals surface area contributed by atoms with E-state index in [1.165, 1.54) is 11.3 Å². The van der Waals surface area contributed by atoms with Crippen LogP contribution in [0.1, 0.15) is 22.2 Å². The first-order valence-electron chi connectivity index (χ1n) is 9.88. The fraction of sp³-hybridized carbons (Fsp3) is 0.381. The zero-order valence-electron chi connectivity index (χ0n) is 17.2. The Morgan fingerprint density at radius 2 is 2.03 bits per heavy atom. The highest BCUT2D eigenvalue weighted by Crippen LogP contribution is 2.36. The summed E-state index contributed by atoms with van der Waals surface area (Å²) >= 11 is 7.57. The second-order valence-electron chi connectivity index (χ2n) is 7.16. The quantitative estimate of drug-likeness (QED) is 0.638. The van der Waals surface area contributed by atoms with Crippen molar-refractivity contribution >= 4 is 50.6 Å². The SMILES string of the molecule is CCN1CCN(c2ncnc3sc(C(=O)Nc4ccc(OC)c(Cl)c4)c(C)c23)CC1. The molecule has 4 rings (SSSR count). The number of anilines is 2. The number of aromatic nitrogens is 2. The molecule has 0 atom stereocenters. The van der Waals surface area contributed by atoms with Gasteiger partial charge in [-0.15, -0.1) is 11.3 Å². The van der Waals surface area contributed by atoms with Crippen molar-refractivity contribution in [1.29, 1.82) is 0 Å². The van der Waals surface area contributed by atoms with E-state index in [1.807, 2.05) is 6.92 Å². The number of thiophene rings is 1. The van der Waals surface area contributed by atoms with E-state index >= 15 is 0 Å². The molecule has 1 aromatic carbocycles. The molecular formula is C21H24ClN5O2S. The normalized spacial score (nSPS) is 14.9. The fourth-order valence-electron chi connectivity index (χ4n) is 3.72. The Balaban J connectivity index is 1.62. The van der Waals surface area contributed by atoms with Crippen molar-refractivity contribution in [2.75, 3.05) is 50.1 Å². The second-order valence-corrected chi connectivity index (χ2v) is 8.56. The van der Waals surface area contributed by atoms with Gasteiger partial charge in [-0.3, -0.25) is 4.79 Å². The highest BCUT2D eigenvalue weighted by atomic mass is 35.5. The summed E-state index contributed by atoms with van der Waals surface area (Å²) in [5.41, 5.74) is 1.52. The maximum absolute atomic E-state index is 13.0. The zero-order chi connectivity index (χ0) is 21.3. The van der Waals surface area contributed by atoms with Crippen LogP contribution in [0.25, 0.3) is 10.2 Å². The molecule has 1 aliphatic heterocycles. The molecule has 0 saturated carbocycles. The molecule has 0 radical (unpaired) electrons. The Hall–Kier alpha value is -2.42. The second kappa shape index (κ2) is 8.75. The average Bonchev–Trinajstić information content (AvgIpc) is 3.11. The molecule has 30 heavy (non-hydrogen) atoms. The van der Waals surface area contributed by atoms with Crippen molar-refractivity contribution in [3.8, 4) is 5.75 Å². The van der Waals surface area contributed by atoms with E-state index in [4.69, 9.17) is 16.3 Å². The minimum absolute atomic E-state index is 0.182. The van der Waals surface area contributed by atoms with Gasteiger partial charge in [-0.25, -0.2) is 9.97 Å². The van der Waals surface area contributed by atoms with Crippen molar-refractivity contribution in [2.45, 2.75) is 13.8 Å². The van der Waals surface area contributed by atoms with Gasteiger partial charge in [-0.2, -0.15) is 0 Å². The van der Waals surface area contributed by atoms with Crippen LogP contribution in [0.3, 0.4) is 0 Å². The lowest BCUT2D eigenvalue weighted by Crippen LogP contribution is -2.46. The molecule has 0 aliphatic carbocycles. The van der Waals surface area contributed by atoms with Crippen molar-refractivity contribution in [2.24, 2.45) is 0 Å². The van der Waals surface area contributed by atoms with Gasteiger partial charge in [0.15, 0.2) is 0 Å². The van der Waals surface area contributed by atoms with Crippen LogP contribution in [-0.2, 0) is 0 Å². The van der Waals surface area contributed by atoms with E-state index in [-0.39, 0.29) is 5.91 Å². The third-order valence-corrected chi connectivity index (χ3v) is 6.94. The maximum Gasteiger partial charge on any atom is 0.266 e. The average molecular weight is 446 g/mol. The molecule has 1 N–H and O–H groups in total. The summed E-state index contributed by atoms with van der Waals surface area (Å²) in [6.07, 6.45) is 1.59. The number of piperazine rings is 1. The first-order valence-corrected chi connectivity index (χ1v) is 11.1. The molecule has 0 unspecified atom stereocenters. The number of fused-ring (bicyclic) bond motifs is 1. The third kappa shape index (κ3) is 3.95. The fourth-order valence-corrected chi connectivity index (χ4v) is 5.01. The number of ether oxygens (including phenoxy) is 1. The van der Waals surface area contributed by atoms with Crippen LogP contribution >= 0.6 is 22.9 Å². The van der Waals surface area contributed by atoms with E-state index < -0.39 is 0 Å². The molecule has 3 heterocycles. The number of aryl methyl sites for hydroxylation is 1. The van der Waals surface area contributed by atoms with Crippen molar-refractivity contribution in [3.05, 3.63) is 40.0 Å². The summed E-state index contributed by atoms with van der Waals surface area (Å²) in [4.78, 5) is 28.2. The highest BCUT2D eigenvalue weighted by molar-refractivity contribution is 7.20. The largest absolute Gasteiger partial charge is 0.495 e. The van der Waals surface area contributed by atoms with Crippen LogP contribution in [-0.4, -0.2) is 60.6 Å². The smallest absolute Gasteiger partial charge is 0.266 e. The number of carbonyl (C=O) groups is 1. The minimum Gasteiger partial charge on any atom is -0.495 e. The van der Waals surface area contributed by atoms with Gasteiger partial charge in [-0.1, -0.05) is 18.5 Å². The predicted octanol–water partition coefficient (Wildman–Crippen LogP) is 4.06. The molecule has 7 nitrogen and oxygen atoms in total. The van der Waals surface area contributed by atoms with E-state index in [0.29, 0.717) is 21.3 Å². The number of rotatable bonds is 5. The summed E-state index contributed by atoms with van der Waals surface area (Å²) in [6.45, 7) is 9.06. The molecule has 0 bridgehead atoms. The van der Waals surface area contributed by atoms with Gasteiger partial charge >= 0.3 is 0 Å². The van der Waals surface area contributed by atoms with E-state index in [2.05, 4.69) is 32.0 Å². The standard InChI is InChI=1S/C21H24ClN5O2S/c1-4-26-7-9-27(10-8-26)19-17-13(2)18(30-21(17)24-12-23-19)20(28)25-14-5-6-16(29-3)15(22)11-14/h5-6,11-12H,4,7-10H2,1-3H3,(H,25,28). The van der Waals surface area contributed by atoms with Gasteiger partial charge in [0.05, 0.1) is 22.4 Å². The van der Waals surface area contributed by atoms with E-state index in [9.17, 15) is 4.79 Å². The number of hydrogen-bond donors (Lipinski definition) is 1. The van der Waals surface area contributed by atoms with Gasteiger partial charge in [-0.05, 0) is 37.2 Å². The van der Waals surface area contributed by atoms with Gasteiger partial charge in [0, 0.05) is 31.9 Å². The molecule has 158 valence electrons. The van der Waals surface area contributed by atoms with Gasteiger partial charge in [0.25, 0.3) is 5.91 Å². The van der Waals surface area contributed by atoms with Crippen LogP contribution in [0, 0.1) is 6.92 Å². The lowest BCUT2D eigenvalue weighted by Gasteiger charge is -2.35. The number of methoxy groups -OCH3 is 1. The molecule has 2 aromatic heterocycles. The third-order valence-electron chi connectivity index (χ3n) is 5.44. The Bertz CT molecular complexity index is 1080. The number of benzene rings is 1. The van der Waals surface area contributed by atoms with Crippen molar-refractivity contribution in [3.63, 3.8) is 0 Å². The number of nitrogens with one attached hydrogen (secondary N) is 1. The lowest BCUT2D eigenvalue weighted by atomic mass is 10.1. The molecule has 9 heteroatoms. The predicted molar refractivity (Wildman–Crippen MR) is 122 cm³/mol. The number of carbonyl (C=O) groups excluding carboxylic acids is 1. The van der Waals surface area contributed by atoms with Crippen LogP contribution in [0.15, 0.2) is 24.5 Å². The molecule has 0 spiro atoms. The molecule has 1 amide bonds. The number of nitrogens with zero attached hydrogens (tertiary/aromatic N) is 4. The Morgan fingerprint density at radius 1 is 1.27 bits per heavy atom. The lowest BCUT2D eigenvalue weighted by molar-refractivity contribution is 0.103. The van der Waals surface area contributed by atoms with Gasteiger partial charge in [0.2, 0.25) is 0 Å². The number of amides is 1. The van der Waals surface area contributed by atoms with Crippen LogP contribution in [0.4, 0.5) is 11.5 Å². The molecule has 1 fully saturated rings. The van der Waals surface area contributed by atoms with Gasteiger partial charge in [0.1, 0.15) is 22.7 Å². The molecular weight excluding hydrogens is 422 g/mol. The minimum atomic E-state index is -0.182. The van der Waals surface area contributed by atoms with Crippen LogP contribution < -0.4 is 15.0 Å². The number of hydrogen-bond acceptors (Lipinski definition) is 7. The van der Waals surface area contributed by atoms with Gasteiger partial charge < -0.3 is 19.9 Å². The monoisotopic (exact) mass is 445 g/mol. The summed E-state index contributed by atoms with van der Waals surface area (Å²) in [6, 6.07) is 5.18. The van der Waals surface area contributed by atoms with Crippen molar-refractivity contribution in [1.82, 2.24) is 14.9 Å². The Labute approximate surface area is 184 Å². The number of halogens is 1. The van der Waals surface area contributed by atoms with E-state index in [0.717, 1.165) is 54.3 Å². The van der Waals surface area contributed by atoms with Crippen molar-refractivity contribution < 1.29 is 9.53 Å². The van der Waals surface area contributed by atoms with Crippen LogP contribution in [0.5, 0.6) is 5.75 Å². The summed E-state index contributed by atoms with van der Waals surface area (Å²) in [5, 5.41) is 4.34.